The van der Waals surface area contributed by atoms with Crippen LogP contribution in [0.2, 0.25) is 0 Å². The molecule has 0 radical (unpaired) electrons. The second-order valence-corrected chi connectivity index (χ2v) is 3.22. The predicted molar refractivity (Wildman–Crippen MR) is 55.8 cm³/mol. The maximum atomic E-state index is 11.1. The fourth-order valence-corrected chi connectivity index (χ4v) is 1.38. The van der Waals surface area contributed by atoms with Crippen LogP contribution in [0.3, 0.4) is 0 Å². The summed E-state index contributed by atoms with van der Waals surface area (Å²) in [5.74, 6) is -0.221. The molecule has 0 atom stereocenters. The molecule has 2 aromatic heterocycles. The first-order valence-electron chi connectivity index (χ1n) is 4.56. The fraction of sp³-hybridized carbons (Fsp3) is 0.0909. The summed E-state index contributed by atoms with van der Waals surface area (Å²) in [5.41, 5.74) is 1.10. The number of hydrogen-bond donors (Lipinski definition) is 2. The summed E-state index contributed by atoms with van der Waals surface area (Å²) in [5, 5.41) is 9.49. The average molecular weight is 202 g/mol. The van der Waals surface area contributed by atoms with Crippen molar-refractivity contribution in [1.29, 1.82) is 0 Å². The normalized spacial score (nSPS) is 10.1. The Kier molecular flexibility index (Phi) is 2.49. The molecule has 2 rings (SSSR count). The van der Waals surface area contributed by atoms with Crippen LogP contribution in [0.5, 0.6) is 5.75 Å². The van der Waals surface area contributed by atoms with Crippen LogP contribution in [0.1, 0.15) is 11.1 Å². The molecule has 0 spiro atoms. The number of pyridine rings is 2. The Labute approximate surface area is 86.2 Å². The number of H-pyrrole nitrogens is 1. The molecule has 76 valence electrons. The number of aromatic hydroxyl groups is 1. The van der Waals surface area contributed by atoms with E-state index in [1.807, 2.05) is 12.1 Å². The van der Waals surface area contributed by atoms with Crippen LogP contribution < -0.4 is 5.56 Å². The Balaban J connectivity index is 2.33. The standard InChI is InChI=1S/C11H10N2O2/c14-10-9(3-5-13-11(10)15)6-8-2-1-4-12-7-8/h1-5,7,14H,6H2,(H,13,15). The lowest BCUT2D eigenvalue weighted by molar-refractivity contribution is 0.460. The van der Waals surface area contributed by atoms with Gasteiger partial charge in [-0.15, -0.1) is 0 Å². The highest BCUT2D eigenvalue weighted by atomic mass is 16.3. The number of rotatable bonds is 2. The Bertz CT molecular complexity index is 505. The van der Waals surface area contributed by atoms with E-state index in [1.165, 1.54) is 6.20 Å². The van der Waals surface area contributed by atoms with Crippen molar-refractivity contribution in [2.75, 3.05) is 0 Å². The molecule has 2 N–H and O–H groups in total. The second-order valence-electron chi connectivity index (χ2n) is 3.22. The van der Waals surface area contributed by atoms with Crippen molar-refractivity contribution in [3.05, 3.63) is 58.3 Å². The molecule has 0 saturated carbocycles. The zero-order valence-corrected chi connectivity index (χ0v) is 7.97. The topological polar surface area (TPSA) is 66.0 Å². The van der Waals surface area contributed by atoms with Crippen molar-refractivity contribution in [1.82, 2.24) is 9.97 Å². The van der Waals surface area contributed by atoms with Gasteiger partial charge in [-0.3, -0.25) is 9.78 Å². The molecule has 0 aromatic carbocycles. The van der Waals surface area contributed by atoms with Gasteiger partial charge in [0.05, 0.1) is 0 Å². The molecule has 4 heteroatoms. The monoisotopic (exact) mass is 202 g/mol. The minimum Gasteiger partial charge on any atom is -0.503 e. The van der Waals surface area contributed by atoms with Gasteiger partial charge in [0.15, 0.2) is 5.75 Å². The maximum absolute atomic E-state index is 11.1. The lowest BCUT2D eigenvalue weighted by Crippen LogP contribution is -2.06. The van der Waals surface area contributed by atoms with Gasteiger partial charge in [-0.1, -0.05) is 6.07 Å². The van der Waals surface area contributed by atoms with E-state index in [2.05, 4.69) is 9.97 Å². The van der Waals surface area contributed by atoms with E-state index in [9.17, 15) is 9.90 Å². The van der Waals surface area contributed by atoms with Crippen molar-refractivity contribution >= 4 is 0 Å². The van der Waals surface area contributed by atoms with E-state index in [0.717, 1.165) is 5.56 Å². The minimum absolute atomic E-state index is 0.221. The first kappa shape index (κ1) is 9.45. The first-order chi connectivity index (χ1) is 7.27. The molecule has 0 fully saturated rings. The molecule has 0 aliphatic heterocycles. The van der Waals surface area contributed by atoms with Gasteiger partial charge >= 0.3 is 0 Å². The zero-order chi connectivity index (χ0) is 10.7. The van der Waals surface area contributed by atoms with Gasteiger partial charge in [-0.2, -0.15) is 0 Å². The summed E-state index contributed by atoms with van der Waals surface area (Å²) in [4.78, 5) is 17.5. The van der Waals surface area contributed by atoms with Crippen LogP contribution in [-0.4, -0.2) is 15.1 Å². The summed E-state index contributed by atoms with van der Waals surface area (Å²) < 4.78 is 0. The third-order valence-corrected chi connectivity index (χ3v) is 2.14. The number of hydrogen-bond acceptors (Lipinski definition) is 3. The van der Waals surface area contributed by atoms with E-state index in [1.54, 1.807) is 18.5 Å². The molecule has 0 bridgehead atoms. The molecule has 15 heavy (non-hydrogen) atoms. The highest BCUT2D eigenvalue weighted by Gasteiger charge is 2.05. The molecule has 0 aliphatic rings. The van der Waals surface area contributed by atoms with Crippen LogP contribution in [0.15, 0.2) is 41.6 Å². The third-order valence-electron chi connectivity index (χ3n) is 2.14. The van der Waals surface area contributed by atoms with E-state index < -0.39 is 5.56 Å². The van der Waals surface area contributed by atoms with Crippen molar-refractivity contribution in [3.63, 3.8) is 0 Å². The molecule has 0 saturated heterocycles. The molecule has 0 aliphatic carbocycles. The van der Waals surface area contributed by atoms with Gasteiger partial charge in [0, 0.05) is 30.6 Å². The molecule has 4 nitrogen and oxygen atoms in total. The molecular formula is C11H10N2O2. The number of nitrogens with zero attached hydrogens (tertiary/aromatic N) is 1. The van der Waals surface area contributed by atoms with E-state index in [-0.39, 0.29) is 5.75 Å². The van der Waals surface area contributed by atoms with Crippen molar-refractivity contribution < 1.29 is 5.11 Å². The molecule has 0 unspecified atom stereocenters. The van der Waals surface area contributed by atoms with Gasteiger partial charge in [-0.05, 0) is 17.7 Å². The third kappa shape index (κ3) is 2.04. The van der Waals surface area contributed by atoms with Gasteiger partial charge in [0.25, 0.3) is 5.56 Å². The summed E-state index contributed by atoms with van der Waals surface area (Å²) in [6, 6.07) is 5.40. The molecule has 0 amide bonds. The number of aromatic amines is 1. The second kappa shape index (κ2) is 3.96. The van der Waals surface area contributed by atoms with Crippen LogP contribution in [-0.2, 0) is 6.42 Å². The average Bonchev–Trinajstić information content (AvgIpc) is 2.26. The lowest BCUT2D eigenvalue weighted by Gasteiger charge is -2.02. The summed E-state index contributed by atoms with van der Waals surface area (Å²) in [7, 11) is 0. The van der Waals surface area contributed by atoms with Crippen molar-refractivity contribution in [2.24, 2.45) is 0 Å². The highest BCUT2D eigenvalue weighted by Crippen LogP contribution is 2.14. The Morgan fingerprint density at radius 1 is 1.40 bits per heavy atom. The fourth-order valence-electron chi connectivity index (χ4n) is 1.38. The molecular weight excluding hydrogens is 192 g/mol. The summed E-state index contributed by atoms with van der Waals surface area (Å²) >= 11 is 0. The Morgan fingerprint density at radius 3 is 3.00 bits per heavy atom. The zero-order valence-electron chi connectivity index (χ0n) is 7.97. The highest BCUT2D eigenvalue weighted by molar-refractivity contribution is 5.33. The van der Waals surface area contributed by atoms with E-state index in [0.29, 0.717) is 12.0 Å². The van der Waals surface area contributed by atoms with Gasteiger partial charge < -0.3 is 10.1 Å². The number of nitrogens with one attached hydrogen (secondary N) is 1. The van der Waals surface area contributed by atoms with Crippen LogP contribution >= 0.6 is 0 Å². The quantitative estimate of drug-likeness (QED) is 0.765. The van der Waals surface area contributed by atoms with Crippen LogP contribution in [0.25, 0.3) is 0 Å². The van der Waals surface area contributed by atoms with E-state index in [4.69, 9.17) is 0 Å². The van der Waals surface area contributed by atoms with Gasteiger partial charge in [0.2, 0.25) is 0 Å². The molecule has 2 heterocycles. The summed E-state index contributed by atoms with van der Waals surface area (Å²) in [6.07, 6.45) is 5.42. The minimum atomic E-state index is -0.462. The Morgan fingerprint density at radius 2 is 2.27 bits per heavy atom. The SMILES string of the molecule is O=c1[nH]ccc(Cc2cccnc2)c1O. The maximum Gasteiger partial charge on any atom is 0.290 e. The lowest BCUT2D eigenvalue weighted by atomic mass is 10.1. The largest absolute Gasteiger partial charge is 0.503 e. The predicted octanol–water partition coefficient (Wildman–Crippen LogP) is 1.07. The van der Waals surface area contributed by atoms with Crippen molar-refractivity contribution in [2.45, 2.75) is 6.42 Å². The molecule has 2 aromatic rings. The van der Waals surface area contributed by atoms with Crippen LogP contribution in [0.4, 0.5) is 0 Å². The smallest absolute Gasteiger partial charge is 0.290 e. The van der Waals surface area contributed by atoms with Gasteiger partial charge in [-0.25, -0.2) is 0 Å². The summed E-state index contributed by atoms with van der Waals surface area (Å²) in [6.45, 7) is 0. The Hall–Kier alpha value is -2.10. The van der Waals surface area contributed by atoms with Gasteiger partial charge in [0.1, 0.15) is 0 Å². The van der Waals surface area contributed by atoms with Crippen molar-refractivity contribution in [3.8, 4) is 5.75 Å². The first-order valence-corrected chi connectivity index (χ1v) is 4.56. The van der Waals surface area contributed by atoms with Crippen LogP contribution in [0, 0.1) is 0 Å². The number of aromatic nitrogens is 2. The van der Waals surface area contributed by atoms with E-state index >= 15 is 0 Å².